The molecule has 0 aliphatic carbocycles. The van der Waals surface area contributed by atoms with E-state index in [1.165, 1.54) is 0 Å². The number of halogens is 3. The van der Waals surface area contributed by atoms with Gasteiger partial charge in [0.05, 0.1) is 0 Å². The van der Waals surface area contributed by atoms with E-state index in [0.29, 0.717) is 19.6 Å². The fourth-order valence-electron chi connectivity index (χ4n) is 1.14. The average Bonchev–Trinajstić information content (AvgIpc) is 2.09. The first kappa shape index (κ1) is 13.7. The van der Waals surface area contributed by atoms with Crippen LogP contribution in [0.4, 0.5) is 13.2 Å². The number of hydrogen-bond acceptors (Lipinski definition) is 2. The molecule has 0 rings (SSSR count). The lowest BCUT2D eigenvalue weighted by Gasteiger charge is -2.16. The van der Waals surface area contributed by atoms with Crippen molar-refractivity contribution in [1.82, 2.24) is 5.32 Å². The fraction of sp³-hybridized carbons (Fsp3) is 1.00. The van der Waals surface area contributed by atoms with Crippen LogP contribution >= 0.6 is 0 Å². The number of rotatable bonds is 7. The highest BCUT2D eigenvalue weighted by Crippen LogP contribution is 2.22. The third-order valence-electron chi connectivity index (χ3n) is 2.00. The van der Waals surface area contributed by atoms with Gasteiger partial charge in [0.25, 0.3) is 0 Å². The van der Waals surface area contributed by atoms with Crippen LogP contribution in [-0.4, -0.2) is 32.5 Å². The molecule has 0 heterocycles. The Hall–Kier alpha value is -0.290. The molecule has 1 N–H and O–H groups in total. The van der Waals surface area contributed by atoms with Gasteiger partial charge in [-0.15, -0.1) is 0 Å². The van der Waals surface area contributed by atoms with Gasteiger partial charge in [-0.2, -0.15) is 13.2 Å². The standard InChI is InChI=1S/C9H18F3NO/c1-3-14-7-5-8(13-2)4-6-9(10,11)12/h8,13H,3-7H2,1-2H3. The van der Waals surface area contributed by atoms with Crippen LogP contribution in [0.1, 0.15) is 26.2 Å². The topological polar surface area (TPSA) is 21.3 Å². The number of hydrogen-bond donors (Lipinski definition) is 1. The highest BCUT2D eigenvalue weighted by molar-refractivity contribution is 4.66. The van der Waals surface area contributed by atoms with Gasteiger partial charge in [0.2, 0.25) is 0 Å². The lowest BCUT2D eigenvalue weighted by Crippen LogP contribution is -2.28. The average molecular weight is 213 g/mol. The van der Waals surface area contributed by atoms with Crippen LogP contribution in [0.15, 0.2) is 0 Å². The zero-order valence-electron chi connectivity index (χ0n) is 8.66. The van der Waals surface area contributed by atoms with Gasteiger partial charge in [-0.3, -0.25) is 0 Å². The van der Waals surface area contributed by atoms with Crippen molar-refractivity contribution in [3.8, 4) is 0 Å². The molecule has 0 aliphatic heterocycles. The normalized spacial score (nSPS) is 14.4. The minimum Gasteiger partial charge on any atom is -0.382 e. The van der Waals surface area contributed by atoms with Crippen LogP contribution in [0.2, 0.25) is 0 Å². The smallest absolute Gasteiger partial charge is 0.382 e. The molecule has 86 valence electrons. The van der Waals surface area contributed by atoms with Crippen LogP contribution in [0, 0.1) is 0 Å². The summed E-state index contributed by atoms with van der Waals surface area (Å²) in [7, 11) is 1.67. The molecule has 0 aromatic rings. The maximum absolute atomic E-state index is 11.9. The number of ether oxygens (including phenoxy) is 1. The second-order valence-electron chi connectivity index (χ2n) is 3.13. The van der Waals surface area contributed by atoms with E-state index in [4.69, 9.17) is 4.74 Å². The van der Waals surface area contributed by atoms with Crippen molar-refractivity contribution >= 4 is 0 Å². The Kier molecular flexibility index (Phi) is 6.92. The molecule has 0 aromatic carbocycles. The van der Waals surface area contributed by atoms with Crippen molar-refractivity contribution in [2.45, 2.75) is 38.4 Å². The van der Waals surface area contributed by atoms with Crippen molar-refractivity contribution in [3.05, 3.63) is 0 Å². The summed E-state index contributed by atoms with van der Waals surface area (Å²) in [4.78, 5) is 0. The first-order valence-electron chi connectivity index (χ1n) is 4.81. The zero-order chi connectivity index (χ0) is 11.0. The summed E-state index contributed by atoms with van der Waals surface area (Å²) in [5, 5.41) is 2.85. The van der Waals surface area contributed by atoms with E-state index in [9.17, 15) is 13.2 Å². The number of nitrogens with one attached hydrogen (secondary N) is 1. The van der Waals surface area contributed by atoms with Crippen molar-refractivity contribution < 1.29 is 17.9 Å². The van der Waals surface area contributed by atoms with E-state index in [2.05, 4.69) is 5.32 Å². The molecule has 5 heteroatoms. The Morgan fingerprint density at radius 1 is 1.29 bits per heavy atom. The molecule has 0 aliphatic rings. The third-order valence-corrected chi connectivity index (χ3v) is 2.00. The van der Waals surface area contributed by atoms with Gasteiger partial charge >= 0.3 is 6.18 Å². The Morgan fingerprint density at radius 2 is 1.93 bits per heavy atom. The van der Waals surface area contributed by atoms with Crippen LogP contribution < -0.4 is 5.32 Å². The summed E-state index contributed by atoms with van der Waals surface area (Å²) >= 11 is 0. The first-order valence-corrected chi connectivity index (χ1v) is 4.81. The van der Waals surface area contributed by atoms with Crippen molar-refractivity contribution in [3.63, 3.8) is 0 Å². The van der Waals surface area contributed by atoms with Gasteiger partial charge in [-0.1, -0.05) is 0 Å². The Bertz CT molecular complexity index is 139. The maximum atomic E-state index is 11.9. The lowest BCUT2D eigenvalue weighted by molar-refractivity contribution is -0.136. The summed E-state index contributed by atoms with van der Waals surface area (Å²) in [5.41, 5.74) is 0. The van der Waals surface area contributed by atoms with Crippen LogP contribution in [0.3, 0.4) is 0 Å². The maximum Gasteiger partial charge on any atom is 0.389 e. The van der Waals surface area contributed by atoms with Crippen LogP contribution in [0.5, 0.6) is 0 Å². The minimum absolute atomic E-state index is 0.108. The van der Waals surface area contributed by atoms with E-state index in [1.807, 2.05) is 6.92 Å². The van der Waals surface area contributed by atoms with Gasteiger partial charge in [-0.25, -0.2) is 0 Å². The second kappa shape index (κ2) is 7.06. The molecule has 0 spiro atoms. The van der Waals surface area contributed by atoms with Gasteiger partial charge < -0.3 is 10.1 Å². The van der Waals surface area contributed by atoms with E-state index in [-0.39, 0.29) is 12.5 Å². The molecule has 0 bridgehead atoms. The van der Waals surface area contributed by atoms with Crippen molar-refractivity contribution in [2.75, 3.05) is 20.3 Å². The highest BCUT2D eigenvalue weighted by atomic mass is 19.4. The predicted molar refractivity (Wildman–Crippen MR) is 49.2 cm³/mol. The monoisotopic (exact) mass is 213 g/mol. The Balaban J connectivity index is 3.58. The molecule has 0 saturated carbocycles. The molecular formula is C9H18F3NO. The van der Waals surface area contributed by atoms with Gasteiger partial charge in [0.1, 0.15) is 0 Å². The summed E-state index contributed by atoms with van der Waals surface area (Å²) in [6.45, 7) is 2.99. The lowest BCUT2D eigenvalue weighted by atomic mass is 10.1. The molecular weight excluding hydrogens is 195 g/mol. The molecule has 14 heavy (non-hydrogen) atoms. The summed E-state index contributed by atoms with van der Waals surface area (Å²) in [6, 6.07) is -0.108. The molecule has 1 unspecified atom stereocenters. The Morgan fingerprint density at radius 3 is 2.36 bits per heavy atom. The third kappa shape index (κ3) is 8.31. The first-order chi connectivity index (χ1) is 6.49. The van der Waals surface area contributed by atoms with Crippen LogP contribution in [-0.2, 0) is 4.74 Å². The van der Waals surface area contributed by atoms with Gasteiger partial charge in [0.15, 0.2) is 0 Å². The molecule has 0 aromatic heterocycles. The van der Waals surface area contributed by atoms with Crippen LogP contribution in [0.25, 0.3) is 0 Å². The summed E-state index contributed by atoms with van der Waals surface area (Å²) in [6.07, 6.45) is -4.04. The van der Waals surface area contributed by atoms with Crippen molar-refractivity contribution in [2.24, 2.45) is 0 Å². The number of alkyl halides is 3. The zero-order valence-corrected chi connectivity index (χ0v) is 8.66. The highest BCUT2D eigenvalue weighted by Gasteiger charge is 2.27. The quantitative estimate of drug-likeness (QED) is 0.655. The van der Waals surface area contributed by atoms with E-state index in [1.54, 1.807) is 7.05 Å². The largest absolute Gasteiger partial charge is 0.389 e. The molecule has 0 fully saturated rings. The second-order valence-corrected chi connectivity index (χ2v) is 3.13. The predicted octanol–water partition coefficient (Wildman–Crippen LogP) is 2.34. The molecule has 0 saturated heterocycles. The van der Waals surface area contributed by atoms with Gasteiger partial charge in [0, 0.05) is 25.7 Å². The Labute approximate surface area is 82.8 Å². The summed E-state index contributed by atoms with van der Waals surface area (Å²) < 4.78 is 40.7. The van der Waals surface area contributed by atoms with Crippen molar-refractivity contribution in [1.29, 1.82) is 0 Å². The molecule has 0 radical (unpaired) electrons. The van der Waals surface area contributed by atoms with Gasteiger partial charge in [-0.05, 0) is 26.8 Å². The SMILES string of the molecule is CCOCCC(CCC(F)(F)F)NC. The molecule has 0 amide bonds. The summed E-state index contributed by atoms with van der Waals surface area (Å²) in [5.74, 6) is 0. The molecule has 2 nitrogen and oxygen atoms in total. The van der Waals surface area contributed by atoms with E-state index < -0.39 is 12.6 Å². The molecule has 1 atom stereocenters. The van der Waals surface area contributed by atoms with E-state index in [0.717, 1.165) is 0 Å². The minimum atomic E-state index is -4.05. The fourth-order valence-corrected chi connectivity index (χ4v) is 1.14. The van der Waals surface area contributed by atoms with E-state index >= 15 is 0 Å².